The molecule has 0 atom stereocenters. The Balaban J connectivity index is 2.09. The molecule has 0 aliphatic heterocycles. The summed E-state index contributed by atoms with van der Waals surface area (Å²) < 4.78 is 14.1. The van der Waals surface area contributed by atoms with Crippen LogP contribution in [0.4, 0.5) is 4.39 Å². The number of hydrogen-bond donors (Lipinski definition) is 2. The van der Waals surface area contributed by atoms with Gasteiger partial charge in [0.2, 0.25) is 5.88 Å². The number of carbonyl (C=O) groups is 1. The predicted molar refractivity (Wildman–Crippen MR) is 76.9 cm³/mol. The summed E-state index contributed by atoms with van der Waals surface area (Å²) in [5.41, 5.74) is 0.789. The van der Waals surface area contributed by atoms with Gasteiger partial charge in [0.05, 0.1) is 13.7 Å². The van der Waals surface area contributed by atoms with E-state index in [-0.39, 0.29) is 17.9 Å². The number of aromatic hydroxyl groups is 2. The van der Waals surface area contributed by atoms with Crippen molar-refractivity contribution in [1.29, 1.82) is 0 Å². The summed E-state index contributed by atoms with van der Waals surface area (Å²) >= 11 is 0. The molecule has 0 aliphatic carbocycles. The molecule has 0 bridgehead atoms. The molecule has 0 unspecified atom stereocenters. The first-order valence-electron chi connectivity index (χ1n) is 6.61. The van der Waals surface area contributed by atoms with Gasteiger partial charge in [-0.3, -0.25) is 9.63 Å². The van der Waals surface area contributed by atoms with Crippen LogP contribution in [0.15, 0.2) is 30.5 Å². The molecule has 1 aromatic heterocycles. The quantitative estimate of drug-likeness (QED) is 0.826. The fraction of sp³-hybridized carbons (Fsp3) is 0.267. The van der Waals surface area contributed by atoms with E-state index in [0.29, 0.717) is 6.42 Å². The van der Waals surface area contributed by atoms with E-state index in [9.17, 15) is 19.4 Å². The van der Waals surface area contributed by atoms with E-state index in [0.717, 1.165) is 10.6 Å². The Morgan fingerprint density at radius 2 is 1.95 bits per heavy atom. The molecule has 0 aliphatic rings. The third-order valence-electron chi connectivity index (χ3n) is 3.32. The van der Waals surface area contributed by atoms with Crippen LogP contribution in [0, 0.1) is 5.82 Å². The second-order valence-electron chi connectivity index (χ2n) is 4.79. The number of aryl methyl sites for hydroxylation is 1. The van der Waals surface area contributed by atoms with Crippen LogP contribution in [0.5, 0.6) is 11.6 Å². The maximum absolute atomic E-state index is 12.8. The number of rotatable bonds is 5. The van der Waals surface area contributed by atoms with Crippen molar-refractivity contribution in [3.8, 4) is 11.6 Å². The van der Waals surface area contributed by atoms with Gasteiger partial charge in [0.25, 0.3) is 5.91 Å². The van der Waals surface area contributed by atoms with Crippen molar-refractivity contribution in [2.75, 3.05) is 13.7 Å². The number of hydroxylamine groups is 2. The van der Waals surface area contributed by atoms with Crippen LogP contribution >= 0.6 is 0 Å². The molecule has 0 saturated heterocycles. The zero-order valence-corrected chi connectivity index (χ0v) is 12.3. The highest BCUT2D eigenvalue weighted by atomic mass is 19.1. The normalized spacial score (nSPS) is 10.7. The molecule has 22 heavy (non-hydrogen) atoms. The van der Waals surface area contributed by atoms with Crippen molar-refractivity contribution < 1.29 is 24.2 Å². The first-order chi connectivity index (χ1) is 10.4. The van der Waals surface area contributed by atoms with Gasteiger partial charge in [0, 0.05) is 13.2 Å². The number of nitrogens with zero attached hydrogens (tertiary/aromatic N) is 2. The van der Waals surface area contributed by atoms with Gasteiger partial charge in [-0.25, -0.2) is 9.45 Å². The van der Waals surface area contributed by atoms with Gasteiger partial charge in [-0.1, -0.05) is 12.1 Å². The fourth-order valence-corrected chi connectivity index (χ4v) is 2.05. The molecule has 1 amide bonds. The molecule has 7 heteroatoms. The highest BCUT2D eigenvalue weighted by molar-refractivity contribution is 5.97. The molecule has 118 valence electrons. The summed E-state index contributed by atoms with van der Waals surface area (Å²) in [7, 11) is 2.84. The number of benzene rings is 1. The zero-order valence-electron chi connectivity index (χ0n) is 12.3. The third kappa shape index (κ3) is 3.20. The Labute approximate surface area is 126 Å². The van der Waals surface area contributed by atoms with Gasteiger partial charge in [0.1, 0.15) is 11.4 Å². The smallest absolute Gasteiger partial charge is 0.282 e. The molecule has 0 fully saturated rings. The van der Waals surface area contributed by atoms with Crippen LogP contribution < -0.4 is 0 Å². The average molecular weight is 308 g/mol. The number of halogens is 1. The lowest BCUT2D eigenvalue weighted by Crippen LogP contribution is -2.31. The van der Waals surface area contributed by atoms with E-state index in [1.807, 2.05) is 0 Å². The van der Waals surface area contributed by atoms with Gasteiger partial charge >= 0.3 is 0 Å². The highest BCUT2D eigenvalue weighted by Crippen LogP contribution is 2.31. The molecular weight excluding hydrogens is 291 g/mol. The Morgan fingerprint density at radius 1 is 1.32 bits per heavy atom. The first kappa shape index (κ1) is 15.8. The molecule has 1 heterocycles. The van der Waals surface area contributed by atoms with Crippen molar-refractivity contribution in [3.63, 3.8) is 0 Å². The van der Waals surface area contributed by atoms with E-state index in [4.69, 9.17) is 4.84 Å². The van der Waals surface area contributed by atoms with E-state index in [2.05, 4.69) is 0 Å². The van der Waals surface area contributed by atoms with Crippen LogP contribution in [-0.2, 0) is 18.3 Å². The van der Waals surface area contributed by atoms with E-state index in [1.165, 1.54) is 37.1 Å². The summed E-state index contributed by atoms with van der Waals surface area (Å²) in [5, 5.41) is 20.3. The van der Waals surface area contributed by atoms with E-state index in [1.54, 1.807) is 12.1 Å². The number of aromatic nitrogens is 1. The SMILES string of the molecule is CON(CCc1ccc(F)cc1)C(=O)c1cn(C)c(O)c1O. The number of hydrogen-bond acceptors (Lipinski definition) is 4. The molecular formula is C15H17FN2O4. The number of carbonyl (C=O) groups excluding carboxylic acids is 1. The number of amides is 1. The summed E-state index contributed by atoms with van der Waals surface area (Å²) in [6, 6.07) is 5.93. The van der Waals surface area contributed by atoms with Gasteiger partial charge < -0.3 is 14.8 Å². The molecule has 6 nitrogen and oxygen atoms in total. The van der Waals surface area contributed by atoms with Crippen LogP contribution in [-0.4, -0.2) is 39.4 Å². The van der Waals surface area contributed by atoms with Crippen LogP contribution in [0.3, 0.4) is 0 Å². The van der Waals surface area contributed by atoms with Gasteiger partial charge in [-0.2, -0.15) is 0 Å². The minimum absolute atomic E-state index is 0.0547. The Morgan fingerprint density at radius 3 is 2.45 bits per heavy atom. The van der Waals surface area contributed by atoms with Crippen LogP contribution in [0.1, 0.15) is 15.9 Å². The van der Waals surface area contributed by atoms with Crippen LogP contribution in [0.2, 0.25) is 0 Å². The van der Waals surface area contributed by atoms with Crippen molar-refractivity contribution >= 4 is 5.91 Å². The average Bonchev–Trinajstić information content (AvgIpc) is 2.77. The monoisotopic (exact) mass is 308 g/mol. The molecule has 0 radical (unpaired) electrons. The van der Waals surface area contributed by atoms with E-state index < -0.39 is 17.5 Å². The molecule has 2 N–H and O–H groups in total. The van der Waals surface area contributed by atoms with Crippen molar-refractivity contribution in [1.82, 2.24) is 9.63 Å². The minimum atomic E-state index is -0.571. The zero-order chi connectivity index (χ0) is 16.3. The predicted octanol–water partition coefficient (Wildman–Crippen LogP) is 1.82. The lowest BCUT2D eigenvalue weighted by Gasteiger charge is -2.19. The lowest BCUT2D eigenvalue weighted by atomic mass is 10.1. The fourth-order valence-electron chi connectivity index (χ4n) is 2.05. The summed E-state index contributed by atoms with van der Waals surface area (Å²) in [5.74, 6) is -1.78. The molecule has 1 aromatic carbocycles. The summed E-state index contributed by atoms with van der Waals surface area (Å²) in [6.45, 7) is 0.218. The highest BCUT2D eigenvalue weighted by Gasteiger charge is 2.24. The summed E-state index contributed by atoms with van der Waals surface area (Å²) in [4.78, 5) is 17.3. The standard InChI is InChI=1S/C15H17FN2O4/c1-17-9-12(13(19)15(17)21)14(20)18(22-2)8-7-10-3-5-11(16)6-4-10/h3-6,9,19,21H,7-8H2,1-2H3. The van der Waals surface area contributed by atoms with E-state index >= 15 is 0 Å². The third-order valence-corrected chi connectivity index (χ3v) is 3.32. The molecule has 0 saturated carbocycles. The van der Waals surface area contributed by atoms with Crippen molar-refractivity contribution in [3.05, 3.63) is 47.4 Å². The minimum Gasteiger partial charge on any atom is -0.503 e. The van der Waals surface area contributed by atoms with Crippen LogP contribution in [0.25, 0.3) is 0 Å². The Bertz CT molecular complexity index is 667. The molecule has 0 spiro atoms. The Kier molecular flexibility index (Phi) is 4.67. The summed E-state index contributed by atoms with van der Waals surface area (Å²) in [6.07, 6.45) is 1.77. The maximum Gasteiger partial charge on any atom is 0.282 e. The van der Waals surface area contributed by atoms with Gasteiger partial charge in [-0.15, -0.1) is 0 Å². The van der Waals surface area contributed by atoms with Gasteiger partial charge in [-0.05, 0) is 24.1 Å². The first-order valence-corrected chi connectivity index (χ1v) is 6.61. The van der Waals surface area contributed by atoms with Crippen molar-refractivity contribution in [2.24, 2.45) is 7.05 Å². The maximum atomic E-state index is 12.8. The lowest BCUT2D eigenvalue weighted by molar-refractivity contribution is -0.0943. The van der Waals surface area contributed by atoms with Gasteiger partial charge in [0.15, 0.2) is 5.75 Å². The van der Waals surface area contributed by atoms with Crippen molar-refractivity contribution in [2.45, 2.75) is 6.42 Å². The topological polar surface area (TPSA) is 74.9 Å². The largest absolute Gasteiger partial charge is 0.503 e. The second-order valence-corrected chi connectivity index (χ2v) is 4.79. The molecule has 2 aromatic rings. The molecule has 2 rings (SSSR count). The Hall–Kier alpha value is -2.54. The second kappa shape index (κ2) is 6.48.